The van der Waals surface area contributed by atoms with Gasteiger partial charge in [0.2, 0.25) is 0 Å². The van der Waals surface area contributed by atoms with Crippen molar-refractivity contribution >= 4 is 12.4 Å². The Hall–Kier alpha value is -0.810. The van der Waals surface area contributed by atoms with Crippen molar-refractivity contribution in [2.75, 3.05) is 46.5 Å². The van der Waals surface area contributed by atoms with Gasteiger partial charge in [0, 0.05) is 38.3 Å². The molecule has 3 rings (SSSR count). The molecule has 2 unspecified atom stereocenters. The highest BCUT2D eigenvalue weighted by molar-refractivity contribution is 5.85. The number of benzene rings is 1. The van der Waals surface area contributed by atoms with Gasteiger partial charge >= 0.3 is 0 Å². The van der Waals surface area contributed by atoms with Crippen LogP contribution in [0.4, 0.5) is 0 Å². The maximum absolute atomic E-state index is 5.64. The standard InChI is InChI=1S/C17H26N2O2.ClH/c1-20-17-7-3-2-6-15(17)16-11-18-8-9-19(16)12-14-5-4-10-21-13-14;/h2-3,6-7,14,16,18H,4-5,8-13H2,1H3;1H. The molecule has 2 aliphatic rings. The van der Waals surface area contributed by atoms with Gasteiger partial charge in [-0.05, 0) is 24.8 Å². The van der Waals surface area contributed by atoms with Gasteiger partial charge in [-0.25, -0.2) is 0 Å². The molecule has 0 aromatic heterocycles. The number of rotatable bonds is 4. The topological polar surface area (TPSA) is 33.7 Å². The first kappa shape index (κ1) is 17.5. The summed E-state index contributed by atoms with van der Waals surface area (Å²) in [5.41, 5.74) is 1.30. The van der Waals surface area contributed by atoms with Gasteiger partial charge in [0.15, 0.2) is 0 Å². The molecule has 124 valence electrons. The van der Waals surface area contributed by atoms with E-state index in [9.17, 15) is 0 Å². The van der Waals surface area contributed by atoms with Crippen LogP contribution in [-0.2, 0) is 4.74 Å². The first-order valence-electron chi connectivity index (χ1n) is 8.04. The average molecular weight is 327 g/mol. The third kappa shape index (κ3) is 4.13. The Morgan fingerprint density at radius 1 is 1.36 bits per heavy atom. The van der Waals surface area contributed by atoms with E-state index in [0.717, 1.165) is 45.1 Å². The van der Waals surface area contributed by atoms with Crippen molar-refractivity contribution in [3.05, 3.63) is 29.8 Å². The fourth-order valence-corrected chi connectivity index (χ4v) is 3.50. The molecule has 5 heteroatoms. The number of hydrogen-bond acceptors (Lipinski definition) is 4. The summed E-state index contributed by atoms with van der Waals surface area (Å²) >= 11 is 0. The summed E-state index contributed by atoms with van der Waals surface area (Å²) in [6, 6.07) is 8.80. The second-order valence-corrected chi connectivity index (χ2v) is 6.04. The zero-order valence-electron chi connectivity index (χ0n) is 13.3. The van der Waals surface area contributed by atoms with Crippen LogP contribution in [-0.4, -0.2) is 51.4 Å². The Morgan fingerprint density at radius 3 is 3.00 bits per heavy atom. The summed E-state index contributed by atoms with van der Waals surface area (Å²) in [7, 11) is 1.76. The van der Waals surface area contributed by atoms with E-state index in [1.54, 1.807) is 7.11 Å². The highest BCUT2D eigenvalue weighted by Crippen LogP contribution is 2.31. The molecule has 0 radical (unpaired) electrons. The predicted octanol–water partition coefficient (Wildman–Crippen LogP) is 2.49. The summed E-state index contributed by atoms with van der Waals surface area (Å²) in [5.74, 6) is 1.67. The van der Waals surface area contributed by atoms with Gasteiger partial charge in [-0.2, -0.15) is 0 Å². The molecular formula is C17H27ClN2O2. The zero-order valence-corrected chi connectivity index (χ0v) is 14.1. The van der Waals surface area contributed by atoms with Crippen molar-refractivity contribution in [2.24, 2.45) is 5.92 Å². The maximum Gasteiger partial charge on any atom is 0.123 e. The van der Waals surface area contributed by atoms with Crippen LogP contribution in [0.25, 0.3) is 0 Å². The lowest BCUT2D eigenvalue weighted by Gasteiger charge is -2.39. The Balaban J connectivity index is 0.00000176. The predicted molar refractivity (Wildman–Crippen MR) is 91.0 cm³/mol. The minimum atomic E-state index is 0. The molecule has 4 nitrogen and oxygen atoms in total. The fraction of sp³-hybridized carbons (Fsp3) is 0.647. The molecule has 1 aromatic rings. The Morgan fingerprint density at radius 2 is 2.23 bits per heavy atom. The molecule has 2 heterocycles. The molecule has 2 aliphatic heterocycles. The fourth-order valence-electron chi connectivity index (χ4n) is 3.50. The van der Waals surface area contributed by atoms with E-state index in [4.69, 9.17) is 9.47 Å². The number of hydrogen-bond donors (Lipinski definition) is 1. The number of nitrogens with zero attached hydrogens (tertiary/aromatic N) is 1. The van der Waals surface area contributed by atoms with Crippen LogP contribution in [0.15, 0.2) is 24.3 Å². The molecule has 1 aromatic carbocycles. The van der Waals surface area contributed by atoms with Crippen molar-refractivity contribution in [1.29, 1.82) is 0 Å². The molecule has 0 spiro atoms. The lowest BCUT2D eigenvalue weighted by molar-refractivity contribution is 0.0262. The van der Waals surface area contributed by atoms with E-state index < -0.39 is 0 Å². The van der Waals surface area contributed by atoms with Crippen LogP contribution in [0.5, 0.6) is 5.75 Å². The molecule has 0 aliphatic carbocycles. The third-order valence-corrected chi connectivity index (χ3v) is 4.60. The summed E-state index contributed by atoms with van der Waals surface area (Å²) in [5, 5.41) is 3.52. The van der Waals surface area contributed by atoms with Gasteiger partial charge in [0.05, 0.1) is 19.8 Å². The van der Waals surface area contributed by atoms with E-state index in [1.807, 2.05) is 6.07 Å². The van der Waals surface area contributed by atoms with Gasteiger partial charge in [0.1, 0.15) is 5.75 Å². The Labute approximate surface area is 139 Å². The average Bonchev–Trinajstić information content (AvgIpc) is 2.56. The van der Waals surface area contributed by atoms with E-state index in [2.05, 4.69) is 28.4 Å². The first-order valence-corrected chi connectivity index (χ1v) is 8.04. The lowest BCUT2D eigenvalue weighted by atomic mass is 9.97. The number of halogens is 1. The van der Waals surface area contributed by atoms with Crippen LogP contribution in [0.1, 0.15) is 24.4 Å². The first-order chi connectivity index (χ1) is 10.4. The van der Waals surface area contributed by atoms with Gasteiger partial charge in [0.25, 0.3) is 0 Å². The van der Waals surface area contributed by atoms with Crippen LogP contribution in [0.2, 0.25) is 0 Å². The maximum atomic E-state index is 5.64. The largest absolute Gasteiger partial charge is 0.496 e. The number of ether oxygens (including phenoxy) is 2. The minimum absolute atomic E-state index is 0. The van der Waals surface area contributed by atoms with Crippen LogP contribution < -0.4 is 10.1 Å². The van der Waals surface area contributed by atoms with Crippen LogP contribution in [0.3, 0.4) is 0 Å². The highest BCUT2D eigenvalue weighted by atomic mass is 35.5. The van der Waals surface area contributed by atoms with Gasteiger partial charge < -0.3 is 14.8 Å². The molecule has 0 amide bonds. The molecule has 0 bridgehead atoms. The van der Waals surface area contributed by atoms with Crippen molar-refractivity contribution < 1.29 is 9.47 Å². The summed E-state index contributed by atoms with van der Waals surface area (Å²) in [6.45, 7) is 6.15. The second kappa shape index (κ2) is 8.73. The number of methoxy groups -OCH3 is 1. The van der Waals surface area contributed by atoms with Crippen molar-refractivity contribution in [1.82, 2.24) is 10.2 Å². The molecule has 1 N–H and O–H groups in total. The SMILES string of the molecule is COc1ccccc1C1CNCCN1CC1CCCOC1.Cl. The summed E-state index contributed by atoms with van der Waals surface area (Å²) in [4.78, 5) is 2.60. The molecular weight excluding hydrogens is 300 g/mol. The van der Waals surface area contributed by atoms with E-state index in [0.29, 0.717) is 12.0 Å². The van der Waals surface area contributed by atoms with Gasteiger partial charge in [-0.3, -0.25) is 4.90 Å². The smallest absolute Gasteiger partial charge is 0.123 e. The molecule has 22 heavy (non-hydrogen) atoms. The van der Waals surface area contributed by atoms with Gasteiger partial charge in [-0.15, -0.1) is 12.4 Å². The second-order valence-electron chi connectivity index (χ2n) is 6.04. The zero-order chi connectivity index (χ0) is 14.5. The number of nitrogens with one attached hydrogen (secondary N) is 1. The van der Waals surface area contributed by atoms with E-state index in [1.165, 1.54) is 18.4 Å². The van der Waals surface area contributed by atoms with Crippen molar-refractivity contribution in [3.63, 3.8) is 0 Å². The highest BCUT2D eigenvalue weighted by Gasteiger charge is 2.28. The monoisotopic (exact) mass is 326 g/mol. The van der Waals surface area contributed by atoms with E-state index >= 15 is 0 Å². The minimum Gasteiger partial charge on any atom is -0.496 e. The molecule has 2 atom stereocenters. The Kier molecular flexibility index (Phi) is 6.96. The molecule has 2 fully saturated rings. The van der Waals surface area contributed by atoms with Crippen molar-refractivity contribution in [2.45, 2.75) is 18.9 Å². The molecule has 0 saturated carbocycles. The van der Waals surface area contributed by atoms with Crippen LogP contribution >= 0.6 is 12.4 Å². The van der Waals surface area contributed by atoms with Crippen LogP contribution in [0, 0.1) is 5.92 Å². The quantitative estimate of drug-likeness (QED) is 0.921. The summed E-state index contributed by atoms with van der Waals surface area (Å²) < 4.78 is 11.2. The lowest BCUT2D eigenvalue weighted by Crippen LogP contribution is -2.48. The normalized spacial score (nSPS) is 26.2. The van der Waals surface area contributed by atoms with Crippen molar-refractivity contribution in [3.8, 4) is 5.75 Å². The van der Waals surface area contributed by atoms with E-state index in [-0.39, 0.29) is 12.4 Å². The molecule has 2 saturated heterocycles. The summed E-state index contributed by atoms with van der Waals surface area (Å²) in [6.07, 6.45) is 2.50. The number of piperazine rings is 1. The Bertz CT molecular complexity index is 452. The number of para-hydroxylation sites is 1. The van der Waals surface area contributed by atoms with Gasteiger partial charge in [-0.1, -0.05) is 18.2 Å². The third-order valence-electron chi connectivity index (χ3n) is 4.60.